The maximum atomic E-state index is 14.4. The zero-order valence-corrected chi connectivity index (χ0v) is 12.9. The van der Waals surface area contributed by atoms with Crippen molar-refractivity contribution in [1.82, 2.24) is 0 Å². The van der Waals surface area contributed by atoms with E-state index in [1.165, 1.54) is 37.4 Å². The van der Waals surface area contributed by atoms with Crippen molar-refractivity contribution in [2.45, 2.75) is 17.8 Å². The summed E-state index contributed by atoms with van der Waals surface area (Å²) in [5.74, 6) is -15.3. The third-order valence-electron chi connectivity index (χ3n) is 4.11. The molecule has 25 heavy (non-hydrogen) atoms. The summed E-state index contributed by atoms with van der Waals surface area (Å²) in [6.45, 7) is 0. The van der Waals surface area contributed by atoms with Crippen LogP contribution in [0.1, 0.15) is 11.1 Å². The van der Waals surface area contributed by atoms with Gasteiger partial charge < -0.3 is 4.74 Å². The summed E-state index contributed by atoms with van der Waals surface area (Å²) < 4.78 is 90.2. The lowest BCUT2D eigenvalue weighted by Crippen LogP contribution is -2.48. The summed E-state index contributed by atoms with van der Waals surface area (Å²) in [6, 6.07) is 10.9. The number of methoxy groups -OCH3 is 1. The van der Waals surface area contributed by atoms with Gasteiger partial charge in [-0.25, -0.2) is 0 Å². The van der Waals surface area contributed by atoms with E-state index in [1.807, 2.05) is 0 Å². The Hall–Kier alpha value is -2.44. The number of benzene rings is 2. The van der Waals surface area contributed by atoms with Crippen LogP contribution in [0.15, 0.2) is 54.6 Å². The molecule has 0 unspecified atom stereocenters. The highest BCUT2D eigenvalue weighted by Gasteiger charge is 2.80. The molecule has 0 aliphatic heterocycles. The van der Waals surface area contributed by atoms with Crippen molar-refractivity contribution in [3.05, 3.63) is 65.7 Å². The molecule has 0 N–H and O–H groups in total. The van der Waals surface area contributed by atoms with Gasteiger partial charge in [-0.05, 0) is 23.3 Å². The second-order valence-corrected chi connectivity index (χ2v) is 5.57. The van der Waals surface area contributed by atoms with Crippen molar-refractivity contribution < 1.29 is 31.1 Å². The highest BCUT2D eigenvalue weighted by molar-refractivity contribution is 6.01. The molecule has 3 rings (SSSR count). The van der Waals surface area contributed by atoms with Crippen molar-refractivity contribution >= 4 is 11.1 Å². The Morgan fingerprint density at radius 3 is 1.52 bits per heavy atom. The van der Waals surface area contributed by atoms with Crippen LogP contribution in [0.5, 0.6) is 5.75 Å². The van der Waals surface area contributed by atoms with Gasteiger partial charge in [0.25, 0.3) is 0 Å². The summed E-state index contributed by atoms with van der Waals surface area (Å²) >= 11 is 0. The smallest absolute Gasteiger partial charge is 0.380 e. The van der Waals surface area contributed by atoms with Crippen LogP contribution in [0.25, 0.3) is 11.1 Å². The molecule has 0 saturated heterocycles. The molecule has 0 atom stereocenters. The van der Waals surface area contributed by atoms with Crippen LogP contribution in [0.2, 0.25) is 0 Å². The summed E-state index contributed by atoms with van der Waals surface area (Å²) in [6.07, 6.45) is 0. The number of allylic oxidation sites excluding steroid dienone is 2. The van der Waals surface area contributed by atoms with E-state index in [2.05, 4.69) is 0 Å². The van der Waals surface area contributed by atoms with Gasteiger partial charge in [0.15, 0.2) is 0 Å². The highest BCUT2D eigenvalue weighted by atomic mass is 19.3. The Bertz CT molecular complexity index is 809. The van der Waals surface area contributed by atoms with Crippen molar-refractivity contribution in [1.29, 1.82) is 0 Å². The molecule has 0 radical (unpaired) electrons. The number of ether oxygens (including phenoxy) is 1. The molecule has 0 fully saturated rings. The van der Waals surface area contributed by atoms with Crippen LogP contribution >= 0.6 is 0 Å². The lowest BCUT2D eigenvalue weighted by molar-refractivity contribution is -0.254. The molecule has 2 aromatic carbocycles. The first-order valence-corrected chi connectivity index (χ1v) is 7.23. The van der Waals surface area contributed by atoms with E-state index in [4.69, 9.17) is 4.74 Å². The van der Waals surface area contributed by atoms with Crippen LogP contribution in [0.4, 0.5) is 26.3 Å². The molecule has 0 bridgehead atoms. The summed E-state index contributed by atoms with van der Waals surface area (Å²) in [5, 5.41) is 0. The first-order valence-electron chi connectivity index (χ1n) is 7.23. The highest BCUT2D eigenvalue weighted by Crippen LogP contribution is 2.64. The minimum Gasteiger partial charge on any atom is -0.497 e. The predicted molar refractivity (Wildman–Crippen MR) is 81.1 cm³/mol. The summed E-state index contributed by atoms with van der Waals surface area (Å²) in [5.41, 5.74) is -3.54. The predicted octanol–water partition coefficient (Wildman–Crippen LogP) is 5.53. The van der Waals surface area contributed by atoms with E-state index < -0.39 is 34.5 Å². The Labute approximate surface area is 139 Å². The second kappa shape index (κ2) is 5.54. The van der Waals surface area contributed by atoms with Gasteiger partial charge in [-0.3, -0.25) is 0 Å². The molecule has 0 spiro atoms. The quantitative estimate of drug-likeness (QED) is 0.656. The standard InChI is InChI=1S/C18H12F6O/c1-25-13-9-7-12(8-10-13)15-14(11-5-3-2-4-6-11)16(19,20)18(23,24)17(15,21)22/h2-10H,1H3. The second-order valence-electron chi connectivity index (χ2n) is 5.57. The van der Waals surface area contributed by atoms with E-state index in [9.17, 15) is 26.3 Å². The van der Waals surface area contributed by atoms with Gasteiger partial charge in [0, 0.05) is 11.1 Å². The Kier molecular flexibility index (Phi) is 3.85. The number of hydrogen-bond acceptors (Lipinski definition) is 1. The molecule has 1 aliphatic rings. The van der Waals surface area contributed by atoms with Crippen LogP contribution in [0.3, 0.4) is 0 Å². The monoisotopic (exact) mass is 358 g/mol. The Balaban J connectivity index is 2.33. The van der Waals surface area contributed by atoms with Gasteiger partial charge in [-0.2, -0.15) is 26.3 Å². The number of alkyl halides is 6. The molecule has 0 saturated carbocycles. The summed E-state index contributed by atoms with van der Waals surface area (Å²) in [7, 11) is 1.33. The normalized spacial score (nSPS) is 20.6. The van der Waals surface area contributed by atoms with Gasteiger partial charge in [-0.15, -0.1) is 0 Å². The Morgan fingerprint density at radius 1 is 0.640 bits per heavy atom. The maximum Gasteiger partial charge on any atom is 0.380 e. The molecule has 0 aromatic heterocycles. The van der Waals surface area contributed by atoms with E-state index >= 15 is 0 Å². The third-order valence-corrected chi connectivity index (χ3v) is 4.11. The van der Waals surface area contributed by atoms with Gasteiger partial charge in [-0.1, -0.05) is 42.5 Å². The van der Waals surface area contributed by atoms with Crippen molar-refractivity contribution in [2.24, 2.45) is 0 Å². The first-order chi connectivity index (χ1) is 11.6. The topological polar surface area (TPSA) is 9.23 Å². The molecular formula is C18H12F6O. The lowest BCUT2D eigenvalue weighted by atomic mass is 9.95. The third kappa shape index (κ3) is 2.33. The zero-order valence-electron chi connectivity index (χ0n) is 12.9. The molecule has 0 amide bonds. The molecule has 1 nitrogen and oxygen atoms in total. The maximum absolute atomic E-state index is 14.4. The van der Waals surface area contributed by atoms with Crippen LogP contribution < -0.4 is 4.74 Å². The van der Waals surface area contributed by atoms with Crippen LogP contribution in [-0.2, 0) is 0 Å². The SMILES string of the molecule is COc1ccc(C2=C(c3ccccc3)C(F)(F)C(F)(F)C2(F)F)cc1. The van der Waals surface area contributed by atoms with Gasteiger partial charge >= 0.3 is 17.8 Å². The van der Waals surface area contributed by atoms with Gasteiger partial charge in [0.1, 0.15) is 5.75 Å². The average molecular weight is 358 g/mol. The van der Waals surface area contributed by atoms with Crippen molar-refractivity contribution in [3.63, 3.8) is 0 Å². The zero-order chi connectivity index (χ0) is 18.5. The minimum absolute atomic E-state index is 0.283. The van der Waals surface area contributed by atoms with Crippen LogP contribution in [-0.4, -0.2) is 24.9 Å². The van der Waals surface area contributed by atoms with E-state index in [0.717, 1.165) is 24.3 Å². The fourth-order valence-electron chi connectivity index (χ4n) is 2.84. The molecular weight excluding hydrogens is 346 g/mol. The minimum atomic E-state index is -5.54. The number of halogens is 6. The largest absolute Gasteiger partial charge is 0.497 e. The lowest BCUT2D eigenvalue weighted by Gasteiger charge is -2.25. The number of hydrogen-bond donors (Lipinski definition) is 0. The van der Waals surface area contributed by atoms with Gasteiger partial charge in [0.05, 0.1) is 7.11 Å². The molecule has 1 aliphatic carbocycles. The molecule has 2 aromatic rings. The van der Waals surface area contributed by atoms with E-state index in [-0.39, 0.29) is 11.3 Å². The van der Waals surface area contributed by atoms with Gasteiger partial charge in [0.2, 0.25) is 0 Å². The fraction of sp³-hybridized carbons (Fsp3) is 0.222. The Morgan fingerprint density at radius 2 is 1.08 bits per heavy atom. The average Bonchev–Trinajstić information content (AvgIpc) is 2.70. The van der Waals surface area contributed by atoms with Crippen molar-refractivity contribution in [2.75, 3.05) is 7.11 Å². The van der Waals surface area contributed by atoms with Crippen LogP contribution in [0, 0.1) is 0 Å². The van der Waals surface area contributed by atoms with Crippen molar-refractivity contribution in [3.8, 4) is 5.75 Å². The molecule has 132 valence electrons. The first kappa shape index (κ1) is 17.4. The summed E-state index contributed by atoms with van der Waals surface area (Å²) in [4.78, 5) is 0. The van der Waals surface area contributed by atoms with E-state index in [1.54, 1.807) is 0 Å². The fourth-order valence-corrected chi connectivity index (χ4v) is 2.84. The molecule has 0 heterocycles. The number of rotatable bonds is 3. The van der Waals surface area contributed by atoms with E-state index in [0.29, 0.717) is 0 Å². The molecule has 7 heteroatoms.